The lowest BCUT2D eigenvalue weighted by Crippen LogP contribution is -2.48. The third-order valence-electron chi connectivity index (χ3n) is 3.81. The minimum absolute atomic E-state index is 0.225. The molecule has 1 heterocycles. The third kappa shape index (κ3) is 3.42. The Hall–Kier alpha value is -0.610. The van der Waals surface area contributed by atoms with Crippen molar-refractivity contribution in [3.05, 3.63) is 0 Å². The molecule has 1 saturated heterocycles. The smallest absolute Gasteiger partial charge is 0.230 e. The van der Waals surface area contributed by atoms with Crippen LogP contribution in [0.25, 0.3) is 0 Å². The molecule has 0 aromatic carbocycles. The molecular weight excluding hydrogens is 216 g/mol. The normalized spacial score (nSPS) is 25.9. The van der Waals surface area contributed by atoms with Gasteiger partial charge in [-0.25, -0.2) is 0 Å². The van der Waals surface area contributed by atoms with Crippen LogP contribution in [0.3, 0.4) is 0 Å². The molecule has 0 aromatic rings. The second-order valence-corrected chi connectivity index (χ2v) is 5.24. The highest BCUT2D eigenvalue weighted by Crippen LogP contribution is 2.28. The molecule has 0 aromatic heterocycles. The molecule has 2 atom stereocenters. The average molecular weight is 242 g/mol. The van der Waals surface area contributed by atoms with Gasteiger partial charge in [0.05, 0.1) is 12.0 Å². The van der Waals surface area contributed by atoms with E-state index in [-0.39, 0.29) is 17.4 Å². The molecule has 2 unspecified atom stereocenters. The predicted octanol–water partition coefficient (Wildman–Crippen LogP) is 1.26. The fourth-order valence-corrected chi connectivity index (χ4v) is 2.28. The highest BCUT2D eigenvalue weighted by atomic mass is 16.5. The maximum Gasteiger partial charge on any atom is 0.230 e. The first kappa shape index (κ1) is 14.5. The molecule has 0 saturated carbocycles. The van der Waals surface area contributed by atoms with Crippen LogP contribution in [0.2, 0.25) is 0 Å². The number of hydrogen-bond acceptors (Lipinski definition) is 3. The first-order valence-electron chi connectivity index (χ1n) is 6.56. The Balaban J connectivity index is 2.70. The van der Waals surface area contributed by atoms with Gasteiger partial charge in [0.25, 0.3) is 0 Å². The molecule has 4 heteroatoms. The zero-order chi connectivity index (χ0) is 12.9. The fraction of sp³-hybridized carbons (Fsp3) is 0.923. The van der Waals surface area contributed by atoms with Crippen LogP contribution in [0, 0.1) is 5.41 Å². The van der Waals surface area contributed by atoms with Crippen molar-refractivity contribution < 1.29 is 9.53 Å². The van der Waals surface area contributed by atoms with Gasteiger partial charge in [0, 0.05) is 26.2 Å². The Morgan fingerprint density at radius 2 is 2.29 bits per heavy atom. The third-order valence-corrected chi connectivity index (χ3v) is 3.81. The summed E-state index contributed by atoms with van der Waals surface area (Å²) >= 11 is 0. The van der Waals surface area contributed by atoms with Crippen molar-refractivity contribution in [3.63, 3.8) is 0 Å². The van der Waals surface area contributed by atoms with E-state index in [1.165, 1.54) is 0 Å². The summed E-state index contributed by atoms with van der Waals surface area (Å²) in [5.41, 5.74) is -0.225. The number of ether oxygens (including phenoxy) is 1. The van der Waals surface area contributed by atoms with Gasteiger partial charge >= 0.3 is 0 Å². The summed E-state index contributed by atoms with van der Waals surface area (Å²) in [5, 5.41) is 3.28. The van der Waals surface area contributed by atoms with Crippen LogP contribution in [-0.2, 0) is 9.53 Å². The minimum Gasteiger partial charge on any atom is -0.383 e. The minimum atomic E-state index is -0.225. The van der Waals surface area contributed by atoms with Crippen molar-refractivity contribution in [2.24, 2.45) is 5.41 Å². The number of amides is 1. The molecule has 1 aliphatic rings. The number of hydrogen-bond donors (Lipinski definition) is 1. The first-order chi connectivity index (χ1) is 8.05. The Morgan fingerprint density at radius 1 is 1.59 bits per heavy atom. The molecule has 1 N–H and O–H groups in total. The summed E-state index contributed by atoms with van der Waals surface area (Å²) in [6, 6.07) is 0.287. The molecule has 0 bridgehead atoms. The summed E-state index contributed by atoms with van der Waals surface area (Å²) in [4.78, 5) is 14.6. The molecule has 0 radical (unpaired) electrons. The summed E-state index contributed by atoms with van der Waals surface area (Å²) in [6.45, 7) is 9.34. The zero-order valence-electron chi connectivity index (χ0n) is 11.6. The van der Waals surface area contributed by atoms with Crippen molar-refractivity contribution in [3.8, 4) is 0 Å². The second kappa shape index (κ2) is 6.36. The van der Waals surface area contributed by atoms with Gasteiger partial charge in [-0.1, -0.05) is 6.92 Å². The van der Waals surface area contributed by atoms with Gasteiger partial charge in [-0.3, -0.25) is 4.79 Å². The Bertz CT molecular complexity index is 250. The molecule has 1 amide bonds. The van der Waals surface area contributed by atoms with E-state index < -0.39 is 0 Å². The molecule has 4 nitrogen and oxygen atoms in total. The van der Waals surface area contributed by atoms with E-state index in [1.807, 2.05) is 4.90 Å². The van der Waals surface area contributed by atoms with Crippen LogP contribution in [0.15, 0.2) is 0 Å². The molecule has 17 heavy (non-hydrogen) atoms. The lowest BCUT2D eigenvalue weighted by molar-refractivity contribution is -0.143. The zero-order valence-corrected chi connectivity index (χ0v) is 11.6. The SMILES string of the molecule is CCC(C)N(CCOC)C(=O)C1(C)CCNC1. The lowest BCUT2D eigenvalue weighted by atomic mass is 9.87. The topological polar surface area (TPSA) is 41.6 Å². The summed E-state index contributed by atoms with van der Waals surface area (Å²) in [6.07, 6.45) is 1.92. The van der Waals surface area contributed by atoms with Crippen LogP contribution in [0.5, 0.6) is 0 Å². The quantitative estimate of drug-likeness (QED) is 0.762. The van der Waals surface area contributed by atoms with Crippen LogP contribution < -0.4 is 5.32 Å². The van der Waals surface area contributed by atoms with Crippen LogP contribution in [0.1, 0.15) is 33.6 Å². The van der Waals surface area contributed by atoms with Gasteiger partial charge in [-0.2, -0.15) is 0 Å². The van der Waals surface area contributed by atoms with Crippen molar-refractivity contribution >= 4 is 5.91 Å². The van der Waals surface area contributed by atoms with Crippen molar-refractivity contribution in [2.75, 3.05) is 33.4 Å². The number of carbonyl (C=O) groups excluding carboxylic acids is 1. The maximum absolute atomic E-state index is 12.6. The van der Waals surface area contributed by atoms with E-state index in [0.717, 1.165) is 25.9 Å². The molecule has 0 spiro atoms. The van der Waals surface area contributed by atoms with Gasteiger partial charge in [0.15, 0.2) is 0 Å². The van der Waals surface area contributed by atoms with Crippen LogP contribution >= 0.6 is 0 Å². The van der Waals surface area contributed by atoms with Crippen molar-refractivity contribution in [2.45, 2.75) is 39.7 Å². The average Bonchev–Trinajstić information content (AvgIpc) is 2.77. The second-order valence-electron chi connectivity index (χ2n) is 5.24. The van der Waals surface area contributed by atoms with E-state index in [4.69, 9.17) is 4.74 Å². The Morgan fingerprint density at radius 3 is 2.76 bits per heavy atom. The molecule has 1 rings (SSSR count). The number of carbonyl (C=O) groups is 1. The van der Waals surface area contributed by atoms with Crippen molar-refractivity contribution in [1.82, 2.24) is 10.2 Å². The van der Waals surface area contributed by atoms with Gasteiger partial charge in [0.2, 0.25) is 5.91 Å². The number of methoxy groups -OCH3 is 1. The fourth-order valence-electron chi connectivity index (χ4n) is 2.28. The summed E-state index contributed by atoms with van der Waals surface area (Å²) in [5.74, 6) is 0.272. The van der Waals surface area contributed by atoms with Gasteiger partial charge in [-0.15, -0.1) is 0 Å². The van der Waals surface area contributed by atoms with Crippen molar-refractivity contribution in [1.29, 1.82) is 0 Å². The number of nitrogens with one attached hydrogen (secondary N) is 1. The highest BCUT2D eigenvalue weighted by molar-refractivity contribution is 5.83. The summed E-state index contributed by atoms with van der Waals surface area (Å²) < 4.78 is 5.10. The van der Waals surface area contributed by atoms with Crippen LogP contribution in [-0.4, -0.2) is 50.2 Å². The monoisotopic (exact) mass is 242 g/mol. The number of nitrogens with zero attached hydrogens (tertiary/aromatic N) is 1. The Labute approximate surface area is 105 Å². The standard InChI is InChI=1S/C13H26N2O2/c1-5-11(2)15(8-9-17-4)12(16)13(3)6-7-14-10-13/h11,14H,5-10H2,1-4H3. The molecule has 1 fully saturated rings. The maximum atomic E-state index is 12.6. The van der Waals surface area contributed by atoms with E-state index in [2.05, 4.69) is 26.1 Å². The van der Waals surface area contributed by atoms with E-state index in [0.29, 0.717) is 13.2 Å². The van der Waals surface area contributed by atoms with E-state index in [9.17, 15) is 4.79 Å². The molecule has 0 aliphatic carbocycles. The molecule has 1 aliphatic heterocycles. The number of rotatable bonds is 6. The molecule has 100 valence electrons. The Kier molecular flexibility index (Phi) is 5.40. The van der Waals surface area contributed by atoms with Gasteiger partial charge in [0.1, 0.15) is 0 Å². The molecular formula is C13H26N2O2. The lowest BCUT2D eigenvalue weighted by Gasteiger charge is -2.35. The summed E-state index contributed by atoms with van der Waals surface area (Å²) in [7, 11) is 1.68. The largest absolute Gasteiger partial charge is 0.383 e. The van der Waals surface area contributed by atoms with Gasteiger partial charge in [-0.05, 0) is 33.2 Å². The predicted molar refractivity (Wildman–Crippen MR) is 68.9 cm³/mol. The highest BCUT2D eigenvalue weighted by Gasteiger charge is 2.40. The van der Waals surface area contributed by atoms with E-state index in [1.54, 1.807) is 7.11 Å². The van der Waals surface area contributed by atoms with Crippen LogP contribution in [0.4, 0.5) is 0 Å². The van der Waals surface area contributed by atoms with E-state index >= 15 is 0 Å². The first-order valence-corrected chi connectivity index (χ1v) is 6.56. The van der Waals surface area contributed by atoms with Gasteiger partial charge < -0.3 is 15.0 Å².